The van der Waals surface area contributed by atoms with Crippen LogP contribution in [0.25, 0.3) is 0 Å². The van der Waals surface area contributed by atoms with Crippen LogP contribution in [0.2, 0.25) is 5.02 Å². The minimum atomic E-state index is -0.760. The predicted octanol–water partition coefficient (Wildman–Crippen LogP) is 3.19. The molecule has 5 nitrogen and oxygen atoms in total. The van der Waals surface area contributed by atoms with Crippen molar-refractivity contribution in [1.29, 1.82) is 0 Å². The molecule has 0 amide bonds. The molecule has 1 saturated heterocycles. The second kappa shape index (κ2) is 7.70. The molecule has 0 aliphatic carbocycles. The van der Waals surface area contributed by atoms with Gasteiger partial charge in [0.2, 0.25) is 0 Å². The van der Waals surface area contributed by atoms with E-state index < -0.39 is 12.0 Å². The Labute approximate surface area is 135 Å². The maximum Gasteiger partial charge on any atom is 0.320 e. The number of hydrogen-bond donors (Lipinski definition) is 1. The van der Waals surface area contributed by atoms with E-state index in [-0.39, 0.29) is 0 Å². The Morgan fingerprint density at radius 1 is 1.45 bits per heavy atom. The first-order valence-electron chi connectivity index (χ1n) is 7.52. The lowest BCUT2D eigenvalue weighted by Crippen LogP contribution is -2.44. The number of aliphatic carboxylic acids is 1. The molecule has 122 valence electrons. The third kappa shape index (κ3) is 3.84. The van der Waals surface area contributed by atoms with E-state index in [1.807, 2.05) is 24.0 Å². The summed E-state index contributed by atoms with van der Waals surface area (Å²) in [4.78, 5) is 13.4. The fraction of sp³-hybridized carbons (Fsp3) is 0.562. The topological polar surface area (TPSA) is 59.0 Å². The fourth-order valence-electron chi connectivity index (χ4n) is 2.84. The predicted molar refractivity (Wildman–Crippen MR) is 84.9 cm³/mol. The Balaban J connectivity index is 2.21. The second-order valence-electron chi connectivity index (χ2n) is 5.36. The number of likely N-dealkylation sites (tertiary alicyclic amines) is 1. The minimum absolute atomic E-state index is 0.426. The van der Waals surface area contributed by atoms with Crippen LogP contribution in [0.1, 0.15) is 31.7 Å². The van der Waals surface area contributed by atoms with Gasteiger partial charge in [0.1, 0.15) is 6.04 Å². The molecule has 0 radical (unpaired) electrons. The molecule has 0 spiro atoms. The smallest absolute Gasteiger partial charge is 0.320 e. The molecule has 0 aromatic heterocycles. The second-order valence-corrected chi connectivity index (χ2v) is 5.77. The quantitative estimate of drug-likeness (QED) is 0.869. The summed E-state index contributed by atoms with van der Waals surface area (Å²) in [6.07, 6.45) is 2.67. The number of carbonyl (C=O) groups is 1. The molecule has 1 aliphatic heterocycles. The van der Waals surface area contributed by atoms with Crippen molar-refractivity contribution in [1.82, 2.24) is 4.90 Å². The van der Waals surface area contributed by atoms with Gasteiger partial charge < -0.3 is 14.6 Å². The number of methoxy groups -OCH3 is 1. The highest BCUT2D eigenvalue weighted by Crippen LogP contribution is 2.37. The number of nitrogens with zero attached hydrogens (tertiary/aromatic N) is 1. The molecule has 1 aromatic rings. The zero-order valence-electron chi connectivity index (χ0n) is 13.0. The normalized spacial score (nSPS) is 19.0. The number of hydrogen-bond acceptors (Lipinski definition) is 4. The summed E-state index contributed by atoms with van der Waals surface area (Å²) in [5.41, 5.74) is 0.929. The number of piperidine rings is 1. The first-order chi connectivity index (χ1) is 10.6. The summed E-state index contributed by atoms with van der Waals surface area (Å²) in [5.74, 6) is 0.348. The van der Waals surface area contributed by atoms with Gasteiger partial charge in [-0.2, -0.15) is 0 Å². The van der Waals surface area contributed by atoms with Crippen LogP contribution < -0.4 is 9.47 Å². The summed E-state index contributed by atoms with van der Waals surface area (Å²) < 4.78 is 10.8. The van der Waals surface area contributed by atoms with E-state index in [9.17, 15) is 9.90 Å². The van der Waals surface area contributed by atoms with Crippen LogP contribution in [-0.2, 0) is 11.3 Å². The van der Waals surface area contributed by atoms with Crippen LogP contribution in [0.4, 0.5) is 0 Å². The number of ether oxygens (including phenoxy) is 2. The number of rotatable bonds is 6. The Bertz CT molecular complexity index is 535. The lowest BCUT2D eigenvalue weighted by molar-refractivity contribution is -0.144. The summed E-state index contributed by atoms with van der Waals surface area (Å²) >= 11 is 6.27. The molecule has 1 heterocycles. The van der Waals surface area contributed by atoms with Crippen molar-refractivity contribution < 1.29 is 19.4 Å². The highest BCUT2D eigenvalue weighted by Gasteiger charge is 2.28. The number of carboxylic acid groups (broad SMARTS) is 1. The van der Waals surface area contributed by atoms with E-state index in [0.717, 1.165) is 24.9 Å². The van der Waals surface area contributed by atoms with Crippen molar-refractivity contribution >= 4 is 17.6 Å². The zero-order chi connectivity index (χ0) is 16.1. The lowest BCUT2D eigenvalue weighted by Gasteiger charge is -2.33. The fourth-order valence-corrected chi connectivity index (χ4v) is 3.13. The average molecular weight is 328 g/mol. The molecule has 1 aromatic carbocycles. The molecule has 1 aliphatic rings. The van der Waals surface area contributed by atoms with Crippen molar-refractivity contribution in [2.75, 3.05) is 20.3 Å². The molecule has 1 atom stereocenters. The largest absolute Gasteiger partial charge is 0.493 e. The van der Waals surface area contributed by atoms with Gasteiger partial charge >= 0.3 is 5.97 Å². The standard InChI is InChI=1S/C16H22ClNO4/c1-3-22-15-12(17)8-11(9-14(15)21-2)10-18-7-5-4-6-13(18)16(19)20/h8-9,13H,3-7,10H2,1-2H3,(H,19,20). The van der Waals surface area contributed by atoms with Crippen LogP contribution in [0.3, 0.4) is 0 Å². The van der Waals surface area contributed by atoms with Gasteiger partial charge in [-0.15, -0.1) is 0 Å². The van der Waals surface area contributed by atoms with Crippen LogP contribution in [0, 0.1) is 0 Å². The molecule has 1 unspecified atom stereocenters. The van der Waals surface area contributed by atoms with E-state index in [0.29, 0.717) is 36.1 Å². The molecule has 2 rings (SSSR count). The maximum atomic E-state index is 11.4. The molecule has 1 fully saturated rings. The monoisotopic (exact) mass is 327 g/mol. The van der Waals surface area contributed by atoms with Gasteiger partial charge in [0, 0.05) is 6.54 Å². The molecule has 0 saturated carbocycles. The molecular formula is C16H22ClNO4. The molecule has 6 heteroatoms. The SMILES string of the molecule is CCOc1c(Cl)cc(CN2CCCCC2C(=O)O)cc1OC. The highest BCUT2D eigenvalue weighted by molar-refractivity contribution is 6.32. The van der Waals surface area contributed by atoms with Crippen molar-refractivity contribution in [3.63, 3.8) is 0 Å². The molecule has 22 heavy (non-hydrogen) atoms. The van der Waals surface area contributed by atoms with E-state index in [1.54, 1.807) is 7.11 Å². The summed E-state index contributed by atoms with van der Waals surface area (Å²) in [6, 6.07) is 3.26. The van der Waals surface area contributed by atoms with Gasteiger partial charge in [0.25, 0.3) is 0 Å². The average Bonchev–Trinajstić information content (AvgIpc) is 2.50. The van der Waals surface area contributed by atoms with E-state index in [2.05, 4.69) is 0 Å². The van der Waals surface area contributed by atoms with E-state index >= 15 is 0 Å². The van der Waals surface area contributed by atoms with Crippen molar-refractivity contribution in [3.8, 4) is 11.5 Å². The Morgan fingerprint density at radius 2 is 2.23 bits per heavy atom. The summed E-state index contributed by atoms with van der Waals surface area (Å²) in [7, 11) is 1.57. The number of carboxylic acids is 1. The van der Waals surface area contributed by atoms with Crippen LogP contribution in [0.15, 0.2) is 12.1 Å². The van der Waals surface area contributed by atoms with Crippen molar-refractivity contribution in [2.24, 2.45) is 0 Å². The molecule has 0 bridgehead atoms. The first-order valence-corrected chi connectivity index (χ1v) is 7.90. The third-order valence-electron chi connectivity index (χ3n) is 3.86. The van der Waals surface area contributed by atoms with Crippen LogP contribution >= 0.6 is 11.6 Å². The highest BCUT2D eigenvalue weighted by atomic mass is 35.5. The maximum absolute atomic E-state index is 11.4. The van der Waals surface area contributed by atoms with Crippen molar-refractivity contribution in [2.45, 2.75) is 38.8 Å². The van der Waals surface area contributed by atoms with Crippen molar-refractivity contribution in [3.05, 3.63) is 22.7 Å². The minimum Gasteiger partial charge on any atom is -0.493 e. The van der Waals surface area contributed by atoms with Crippen LogP contribution in [0.5, 0.6) is 11.5 Å². The molecule has 1 N–H and O–H groups in total. The number of halogens is 1. The Kier molecular flexibility index (Phi) is 5.91. The zero-order valence-corrected chi connectivity index (χ0v) is 13.7. The van der Waals surface area contributed by atoms with Gasteiger partial charge in [-0.05, 0) is 44.0 Å². The van der Waals surface area contributed by atoms with Gasteiger partial charge in [-0.1, -0.05) is 18.0 Å². The summed E-state index contributed by atoms with van der Waals surface area (Å²) in [5, 5.41) is 9.83. The van der Waals surface area contributed by atoms with Gasteiger partial charge in [0.15, 0.2) is 11.5 Å². The van der Waals surface area contributed by atoms with Gasteiger partial charge in [-0.3, -0.25) is 9.69 Å². The lowest BCUT2D eigenvalue weighted by atomic mass is 10.0. The molecular weight excluding hydrogens is 306 g/mol. The number of benzene rings is 1. The van der Waals surface area contributed by atoms with Gasteiger partial charge in [0.05, 0.1) is 18.7 Å². The Morgan fingerprint density at radius 3 is 2.86 bits per heavy atom. The van der Waals surface area contributed by atoms with E-state index in [4.69, 9.17) is 21.1 Å². The van der Waals surface area contributed by atoms with Crippen LogP contribution in [-0.4, -0.2) is 42.3 Å². The Hall–Kier alpha value is -1.46. The van der Waals surface area contributed by atoms with Gasteiger partial charge in [-0.25, -0.2) is 0 Å². The first kappa shape index (κ1) is 16.9. The summed E-state index contributed by atoms with van der Waals surface area (Å²) in [6.45, 7) is 3.71. The van der Waals surface area contributed by atoms with E-state index in [1.165, 1.54) is 0 Å². The third-order valence-corrected chi connectivity index (χ3v) is 4.14.